The largest absolute Gasteiger partial charge is 0.467 e. The maximum absolute atomic E-state index is 15.3. The second-order valence-corrected chi connectivity index (χ2v) is 15.1. The molecule has 0 saturated carbocycles. The summed E-state index contributed by atoms with van der Waals surface area (Å²) in [5.74, 6) is 2.21. The number of hydrogen-bond donors (Lipinski definition) is 1. The number of alkyl halides is 1. The Morgan fingerprint density at radius 3 is 2.73 bits per heavy atom. The highest BCUT2D eigenvalue weighted by Crippen LogP contribution is 2.42. The second-order valence-electron chi connectivity index (χ2n) is 15.1. The number of halogens is 2. The molecule has 278 valence electrons. The van der Waals surface area contributed by atoms with Crippen LogP contribution in [0, 0.1) is 5.82 Å². The van der Waals surface area contributed by atoms with Crippen LogP contribution in [0.3, 0.4) is 0 Å². The zero-order valence-corrected chi connectivity index (χ0v) is 30.8. The van der Waals surface area contributed by atoms with Crippen molar-refractivity contribution in [2.75, 3.05) is 61.8 Å². The van der Waals surface area contributed by atoms with Crippen LogP contribution in [0.1, 0.15) is 69.0 Å². The van der Waals surface area contributed by atoms with Gasteiger partial charge in [-0.15, -0.1) is 0 Å². The number of nitrogens with zero attached hydrogens (tertiary/aromatic N) is 7. The van der Waals surface area contributed by atoms with Gasteiger partial charge in [0.2, 0.25) is 0 Å². The number of methoxy groups -OCH3 is 1. The van der Waals surface area contributed by atoms with Crippen LogP contribution < -0.4 is 24.6 Å². The van der Waals surface area contributed by atoms with Crippen molar-refractivity contribution in [3.8, 4) is 11.8 Å². The van der Waals surface area contributed by atoms with E-state index >= 15 is 4.39 Å². The zero-order chi connectivity index (χ0) is 36.0. The first-order chi connectivity index (χ1) is 25.2. The van der Waals surface area contributed by atoms with Gasteiger partial charge in [0.25, 0.3) is 0 Å². The number of aromatic nitrogens is 4. The molecule has 2 aromatic heterocycles. The quantitative estimate of drug-likeness (QED) is 0.180. The molecule has 13 heteroatoms. The molecule has 4 aliphatic heterocycles. The van der Waals surface area contributed by atoms with Gasteiger partial charge in [-0.2, -0.15) is 15.1 Å². The third-order valence-corrected chi connectivity index (χ3v) is 11.2. The molecule has 2 atom stereocenters. The van der Waals surface area contributed by atoms with Crippen LogP contribution in [0.2, 0.25) is 0 Å². The highest BCUT2D eigenvalue weighted by atomic mass is 19.1. The minimum absolute atomic E-state index is 0.110. The molecule has 0 spiro atoms. The fourth-order valence-electron chi connectivity index (χ4n) is 8.85. The van der Waals surface area contributed by atoms with Gasteiger partial charge >= 0.3 is 6.01 Å². The van der Waals surface area contributed by atoms with Crippen molar-refractivity contribution in [1.29, 1.82) is 0 Å². The summed E-state index contributed by atoms with van der Waals surface area (Å²) in [6.07, 6.45) is 3.76. The average Bonchev–Trinajstić information content (AvgIpc) is 3.74. The maximum atomic E-state index is 15.3. The Bertz CT molecular complexity index is 1940. The van der Waals surface area contributed by atoms with Gasteiger partial charge < -0.3 is 29.3 Å². The summed E-state index contributed by atoms with van der Waals surface area (Å²) < 4.78 is 49.8. The maximum Gasteiger partial charge on any atom is 0.318 e. The van der Waals surface area contributed by atoms with Crippen LogP contribution in [-0.2, 0) is 37.2 Å². The summed E-state index contributed by atoms with van der Waals surface area (Å²) in [5.41, 5.74) is 4.37. The predicted molar refractivity (Wildman–Crippen MR) is 198 cm³/mol. The summed E-state index contributed by atoms with van der Waals surface area (Å²) in [6.45, 7) is 11.5. The van der Waals surface area contributed by atoms with Crippen molar-refractivity contribution in [1.82, 2.24) is 24.6 Å². The smallest absolute Gasteiger partial charge is 0.318 e. The molecule has 11 nitrogen and oxygen atoms in total. The fourth-order valence-corrected chi connectivity index (χ4v) is 8.85. The van der Waals surface area contributed by atoms with E-state index < -0.39 is 6.17 Å². The van der Waals surface area contributed by atoms with E-state index in [2.05, 4.69) is 44.6 Å². The van der Waals surface area contributed by atoms with E-state index in [4.69, 9.17) is 29.3 Å². The Morgan fingerprint density at radius 2 is 1.90 bits per heavy atom. The number of rotatable bonds is 11. The molecule has 0 bridgehead atoms. The molecule has 2 saturated heterocycles. The number of benzene rings is 2. The highest BCUT2D eigenvalue weighted by molar-refractivity contribution is 5.98. The first kappa shape index (κ1) is 34.8. The third kappa shape index (κ3) is 6.61. The van der Waals surface area contributed by atoms with E-state index in [-0.39, 0.29) is 24.2 Å². The van der Waals surface area contributed by atoms with E-state index in [1.54, 1.807) is 7.11 Å². The SMILES string of the molecule is CCc1c(F)ccc2cc(OCOC)cc(N3CCc4c(nc(OC[C@@]56CCCN5C[C@H](F)C6)nc4N4CCCn5nc(NC(C)C)cc5C4)C3)c12. The minimum atomic E-state index is -0.842. The lowest BCUT2D eigenvalue weighted by Gasteiger charge is -2.35. The molecule has 4 aliphatic rings. The number of anilines is 3. The van der Waals surface area contributed by atoms with Gasteiger partial charge in [0.15, 0.2) is 6.79 Å². The lowest BCUT2D eigenvalue weighted by Crippen LogP contribution is -2.43. The molecule has 2 aromatic carbocycles. The first-order valence-electron chi connectivity index (χ1n) is 18.9. The van der Waals surface area contributed by atoms with Crippen LogP contribution in [0.4, 0.5) is 26.1 Å². The normalized spacial score (nSPS) is 21.7. The Hall–Kier alpha value is -4.23. The Labute approximate surface area is 304 Å². The molecule has 1 N–H and O–H groups in total. The number of fused-ring (bicyclic) bond motifs is 4. The van der Waals surface area contributed by atoms with E-state index in [1.165, 1.54) is 6.07 Å². The van der Waals surface area contributed by atoms with E-state index in [0.29, 0.717) is 69.4 Å². The van der Waals surface area contributed by atoms with E-state index in [0.717, 1.165) is 83.9 Å². The molecule has 52 heavy (non-hydrogen) atoms. The lowest BCUT2D eigenvalue weighted by molar-refractivity contribution is 0.0512. The standard InChI is InChI=1S/C39H50F2N8O3/c1-5-30-32(41)9-8-26-16-29(52-24-50-4)18-34(36(26)30)46-15-10-31-33(22-46)43-38(51-23-39-11-6-13-48(39)20-27(40)19-39)44-37(31)47-12-7-14-49-28(21-47)17-35(45-49)42-25(2)3/h8-9,16-18,25,27H,5-7,10-15,19-24H2,1-4H3,(H,42,45)/t27-,39+/m1/s1. The number of ether oxygens (including phenoxy) is 3. The van der Waals surface area contributed by atoms with Gasteiger partial charge in [-0.05, 0) is 75.6 Å². The van der Waals surface area contributed by atoms with E-state index in [1.807, 2.05) is 25.1 Å². The van der Waals surface area contributed by atoms with Gasteiger partial charge in [0.05, 0.1) is 30.0 Å². The van der Waals surface area contributed by atoms with E-state index in [9.17, 15) is 4.39 Å². The average molecular weight is 717 g/mol. The molecule has 0 amide bonds. The van der Waals surface area contributed by atoms with Gasteiger partial charge in [-0.25, -0.2) is 8.78 Å². The highest BCUT2D eigenvalue weighted by Gasteiger charge is 2.49. The topological polar surface area (TPSA) is 93.0 Å². The van der Waals surface area contributed by atoms with Crippen molar-refractivity contribution in [2.45, 2.75) is 96.7 Å². The molecular weight excluding hydrogens is 666 g/mol. The number of aryl methyl sites for hydroxylation is 2. The van der Waals surface area contributed by atoms with Crippen molar-refractivity contribution < 1.29 is 23.0 Å². The summed E-state index contributed by atoms with van der Waals surface area (Å²) >= 11 is 0. The second kappa shape index (κ2) is 14.3. The summed E-state index contributed by atoms with van der Waals surface area (Å²) in [4.78, 5) is 17.1. The van der Waals surface area contributed by atoms with Gasteiger partial charge in [-0.3, -0.25) is 9.58 Å². The molecule has 4 aromatic rings. The zero-order valence-electron chi connectivity index (χ0n) is 30.8. The first-order valence-corrected chi connectivity index (χ1v) is 18.9. The molecule has 0 radical (unpaired) electrons. The van der Waals surface area contributed by atoms with Crippen molar-refractivity contribution >= 4 is 28.1 Å². The Kier molecular flexibility index (Phi) is 9.58. The fraction of sp³-hybridized carbons (Fsp3) is 0.564. The summed E-state index contributed by atoms with van der Waals surface area (Å²) in [5, 5.41) is 10.1. The molecular formula is C39H50F2N8O3. The van der Waals surface area contributed by atoms with Gasteiger partial charge in [0.1, 0.15) is 36.0 Å². The number of hydrogen-bond acceptors (Lipinski definition) is 10. The lowest BCUT2D eigenvalue weighted by atomic mass is 9.95. The molecule has 0 aliphatic carbocycles. The van der Waals surface area contributed by atoms with Crippen LogP contribution in [0.25, 0.3) is 10.8 Å². The number of nitrogens with one attached hydrogen (secondary N) is 1. The minimum Gasteiger partial charge on any atom is -0.467 e. The predicted octanol–water partition coefficient (Wildman–Crippen LogP) is 6.26. The molecule has 2 fully saturated rings. The monoisotopic (exact) mass is 716 g/mol. The van der Waals surface area contributed by atoms with Crippen LogP contribution >= 0.6 is 0 Å². The Morgan fingerprint density at radius 1 is 1.02 bits per heavy atom. The van der Waals surface area contributed by atoms with Gasteiger partial charge in [-0.1, -0.05) is 13.0 Å². The van der Waals surface area contributed by atoms with Crippen LogP contribution in [0.5, 0.6) is 11.8 Å². The summed E-state index contributed by atoms with van der Waals surface area (Å²) in [6, 6.07) is 10.0. The molecule has 8 rings (SSSR count). The third-order valence-electron chi connectivity index (χ3n) is 11.2. The Balaban J connectivity index is 1.17. The van der Waals surface area contributed by atoms with Gasteiger partial charge in [0, 0.05) is 74.5 Å². The van der Waals surface area contributed by atoms with Crippen molar-refractivity contribution in [3.05, 3.63) is 58.7 Å². The van der Waals surface area contributed by atoms with Crippen molar-refractivity contribution in [2.24, 2.45) is 0 Å². The van der Waals surface area contributed by atoms with Crippen molar-refractivity contribution in [3.63, 3.8) is 0 Å². The molecule has 6 heterocycles. The van der Waals surface area contributed by atoms with Crippen LogP contribution in [0.15, 0.2) is 30.3 Å². The summed E-state index contributed by atoms with van der Waals surface area (Å²) in [7, 11) is 1.59. The molecule has 0 unspecified atom stereocenters. The van der Waals surface area contributed by atoms with Crippen LogP contribution in [-0.4, -0.2) is 89.1 Å².